The number of benzene rings is 2. The van der Waals surface area contributed by atoms with Gasteiger partial charge in [-0.25, -0.2) is 0 Å². The van der Waals surface area contributed by atoms with Crippen molar-refractivity contribution in [3.8, 4) is 0 Å². The minimum Gasteiger partial charge on any atom is -0.303 e. The number of piperidine rings is 1. The first-order valence-corrected chi connectivity index (χ1v) is 12.5. The molecule has 0 aliphatic carbocycles. The van der Waals surface area contributed by atoms with Crippen molar-refractivity contribution in [2.24, 2.45) is 10.9 Å². The van der Waals surface area contributed by atoms with Crippen molar-refractivity contribution in [2.45, 2.75) is 46.1 Å². The summed E-state index contributed by atoms with van der Waals surface area (Å²) in [4.78, 5) is 24.9. The maximum absolute atomic E-state index is 13.3. The van der Waals surface area contributed by atoms with Crippen LogP contribution in [0.5, 0.6) is 0 Å². The van der Waals surface area contributed by atoms with Crippen LogP contribution >= 0.6 is 0 Å². The average Bonchev–Trinajstić information content (AvgIpc) is 3.27. The molecule has 2 aromatic carbocycles. The van der Waals surface area contributed by atoms with Gasteiger partial charge in [-0.15, -0.1) is 0 Å². The van der Waals surface area contributed by atoms with E-state index in [0.717, 1.165) is 60.6 Å². The molecule has 3 heterocycles. The molecule has 0 radical (unpaired) electrons. The van der Waals surface area contributed by atoms with Crippen LogP contribution in [-0.4, -0.2) is 41.0 Å². The smallest absolute Gasteiger partial charge is 0.163 e. The quantitative estimate of drug-likeness (QED) is 0.441. The van der Waals surface area contributed by atoms with Gasteiger partial charge in [0.25, 0.3) is 0 Å². The van der Waals surface area contributed by atoms with Gasteiger partial charge in [0.15, 0.2) is 5.78 Å². The minimum atomic E-state index is 0.255. The summed E-state index contributed by atoms with van der Waals surface area (Å²) in [7, 11) is 0. The van der Waals surface area contributed by atoms with E-state index < -0.39 is 0 Å². The highest BCUT2D eigenvalue weighted by atomic mass is 16.1. The first kappa shape index (κ1) is 22.7. The number of carbonyl (C=O) groups is 1. The van der Waals surface area contributed by atoms with Gasteiger partial charge in [-0.05, 0) is 80.5 Å². The molecule has 0 saturated carbocycles. The maximum Gasteiger partial charge on any atom is 0.163 e. The molecule has 0 unspecified atom stereocenters. The Bertz CT molecular complexity index is 1230. The lowest BCUT2D eigenvalue weighted by molar-refractivity contribution is 0.0918. The zero-order chi connectivity index (χ0) is 23.5. The molecule has 0 bridgehead atoms. The summed E-state index contributed by atoms with van der Waals surface area (Å²) in [6.07, 6.45) is 5.85. The van der Waals surface area contributed by atoms with Gasteiger partial charge in [-0.2, -0.15) is 0 Å². The highest BCUT2D eigenvalue weighted by Gasteiger charge is 2.24. The lowest BCUT2D eigenvalue weighted by Gasteiger charge is -2.32. The molecule has 34 heavy (non-hydrogen) atoms. The number of likely N-dealkylation sites (tertiary alicyclic amines) is 1. The molecule has 5 rings (SSSR count). The predicted molar refractivity (Wildman–Crippen MR) is 138 cm³/mol. The van der Waals surface area contributed by atoms with Crippen LogP contribution in [0.3, 0.4) is 0 Å². The van der Waals surface area contributed by atoms with Crippen LogP contribution in [0.4, 0.5) is 0 Å². The number of Topliss-reactive ketones (excluding diaryl/α,β-unsaturated/α-hetero) is 1. The summed E-state index contributed by atoms with van der Waals surface area (Å²) >= 11 is 0. The number of hydrogen-bond acceptors (Lipinski definition) is 4. The van der Waals surface area contributed by atoms with Crippen LogP contribution in [-0.2, 0) is 13.0 Å². The fourth-order valence-electron chi connectivity index (χ4n) is 5.37. The van der Waals surface area contributed by atoms with Crippen molar-refractivity contribution < 1.29 is 4.79 Å². The van der Waals surface area contributed by atoms with E-state index in [0.29, 0.717) is 18.9 Å². The molecule has 1 saturated heterocycles. The van der Waals surface area contributed by atoms with E-state index in [1.807, 2.05) is 25.3 Å². The molecule has 3 aromatic rings. The number of carbonyl (C=O) groups excluding carboxylic acids is 1. The van der Waals surface area contributed by atoms with Gasteiger partial charge in [0.05, 0.1) is 12.3 Å². The van der Waals surface area contributed by atoms with E-state index >= 15 is 0 Å². The van der Waals surface area contributed by atoms with Gasteiger partial charge in [-0.1, -0.05) is 36.4 Å². The van der Waals surface area contributed by atoms with Crippen molar-refractivity contribution >= 4 is 11.5 Å². The average molecular weight is 452 g/mol. The van der Waals surface area contributed by atoms with E-state index in [2.05, 4.69) is 59.3 Å². The standard InChI is InChI=1S/C30H33N3O/c1-21-6-3-4-8-24(21)12-15-33-14-5-7-23(20-33)17-29(34)25-9-10-27-19-32-30(28(27)18-25)26-11-13-31-22(2)16-26/h3-4,6,8-11,13,16,18,23H,5,7,12,14-15,17,19-20H2,1-2H3/t23-/m0/s1. The monoisotopic (exact) mass is 451 g/mol. The molecule has 1 aromatic heterocycles. The zero-order valence-corrected chi connectivity index (χ0v) is 20.3. The Balaban J connectivity index is 1.23. The fourth-order valence-corrected chi connectivity index (χ4v) is 5.37. The molecular weight excluding hydrogens is 418 g/mol. The summed E-state index contributed by atoms with van der Waals surface area (Å²) in [5.41, 5.74) is 8.94. The lowest BCUT2D eigenvalue weighted by atomic mass is 9.89. The van der Waals surface area contributed by atoms with Crippen molar-refractivity contribution in [1.82, 2.24) is 9.88 Å². The maximum atomic E-state index is 13.3. The number of aryl methyl sites for hydroxylation is 2. The Kier molecular flexibility index (Phi) is 6.68. The molecule has 0 spiro atoms. The number of pyridine rings is 1. The second-order valence-corrected chi connectivity index (χ2v) is 9.84. The lowest BCUT2D eigenvalue weighted by Crippen LogP contribution is -2.37. The normalized spacial score (nSPS) is 17.9. The molecular formula is C30H33N3O. The minimum absolute atomic E-state index is 0.255. The van der Waals surface area contributed by atoms with Gasteiger partial charge >= 0.3 is 0 Å². The van der Waals surface area contributed by atoms with E-state index in [1.165, 1.54) is 23.1 Å². The number of hydrogen-bond donors (Lipinski definition) is 0. The molecule has 2 aliphatic rings. The Hall–Kier alpha value is -3.11. The topological polar surface area (TPSA) is 45.6 Å². The first-order chi connectivity index (χ1) is 16.6. The molecule has 2 aliphatic heterocycles. The molecule has 0 N–H and O–H groups in total. The molecule has 4 nitrogen and oxygen atoms in total. The Morgan fingerprint density at radius 2 is 1.97 bits per heavy atom. The third-order valence-corrected chi connectivity index (χ3v) is 7.30. The Labute approximate surface area is 202 Å². The van der Waals surface area contributed by atoms with Gasteiger partial charge in [0.1, 0.15) is 0 Å². The van der Waals surface area contributed by atoms with Crippen LogP contribution in [0.25, 0.3) is 0 Å². The largest absolute Gasteiger partial charge is 0.303 e. The molecule has 174 valence electrons. The van der Waals surface area contributed by atoms with Crippen molar-refractivity contribution in [1.29, 1.82) is 0 Å². The van der Waals surface area contributed by atoms with Crippen LogP contribution in [0.1, 0.15) is 63.1 Å². The van der Waals surface area contributed by atoms with E-state index in [1.54, 1.807) is 0 Å². The molecule has 1 fully saturated rings. The van der Waals surface area contributed by atoms with Gasteiger partial charge < -0.3 is 4.90 Å². The molecule has 4 heteroatoms. The highest BCUT2D eigenvalue weighted by molar-refractivity contribution is 6.16. The van der Waals surface area contributed by atoms with Gasteiger partial charge in [-0.3, -0.25) is 14.8 Å². The number of fused-ring (bicyclic) bond motifs is 1. The number of ketones is 1. The van der Waals surface area contributed by atoms with E-state index in [9.17, 15) is 4.79 Å². The third kappa shape index (κ3) is 5.02. The summed E-state index contributed by atoms with van der Waals surface area (Å²) in [6, 6.07) is 18.9. The second kappa shape index (κ2) is 10.0. The van der Waals surface area contributed by atoms with Gasteiger partial charge in [0, 0.05) is 48.1 Å². The van der Waals surface area contributed by atoms with Crippen LogP contribution in [0.15, 0.2) is 65.8 Å². The zero-order valence-electron chi connectivity index (χ0n) is 20.3. The number of aromatic nitrogens is 1. The summed E-state index contributed by atoms with van der Waals surface area (Å²) in [6.45, 7) is 8.09. The second-order valence-electron chi connectivity index (χ2n) is 9.84. The number of aliphatic imine (C=N–C) groups is 1. The Morgan fingerprint density at radius 3 is 2.82 bits per heavy atom. The van der Waals surface area contributed by atoms with Gasteiger partial charge in [0.2, 0.25) is 0 Å². The summed E-state index contributed by atoms with van der Waals surface area (Å²) in [5, 5.41) is 0. The molecule has 1 atom stereocenters. The van der Waals surface area contributed by atoms with Crippen LogP contribution < -0.4 is 0 Å². The SMILES string of the molecule is Cc1cc(C2=NCc3ccc(C(=O)C[C@@H]4CCCN(CCc5ccccc5C)C4)cc32)ccn1. The summed E-state index contributed by atoms with van der Waals surface area (Å²) < 4.78 is 0. The van der Waals surface area contributed by atoms with Crippen molar-refractivity contribution in [3.05, 3.63) is 99.9 Å². The van der Waals surface area contributed by atoms with Crippen molar-refractivity contribution in [3.63, 3.8) is 0 Å². The fraction of sp³-hybridized carbons (Fsp3) is 0.367. The predicted octanol–water partition coefficient (Wildman–Crippen LogP) is 5.58. The summed E-state index contributed by atoms with van der Waals surface area (Å²) in [5.74, 6) is 0.688. The van der Waals surface area contributed by atoms with E-state index in [4.69, 9.17) is 4.99 Å². The molecule has 0 amide bonds. The van der Waals surface area contributed by atoms with Crippen LogP contribution in [0, 0.1) is 19.8 Å². The van der Waals surface area contributed by atoms with Crippen LogP contribution in [0.2, 0.25) is 0 Å². The number of nitrogens with zero attached hydrogens (tertiary/aromatic N) is 3. The number of rotatable bonds is 7. The van der Waals surface area contributed by atoms with Crippen molar-refractivity contribution in [2.75, 3.05) is 19.6 Å². The third-order valence-electron chi connectivity index (χ3n) is 7.30. The highest BCUT2D eigenvalue weighted by Crippen LogP contribution is 2.27. The van der Waals surface area contributed by atoms with E-state index in [-0.39, 0.29) is 5.78 Å². The Morgan fingerprint density at radius 1 is 1.09 bits per heavy atom. The first-order valence-electron chi connectivity index (χ1n) is 12.5.